The van der Waals surface area contributed by atoms with Gasteiger partial charge in [-0.1, -0.05) is 19.8 Å². The number of hydroxylamine groups is 2. The Balaban J connectivity index is 2.20. The van der Waals surface area contributed by atoms with Gasteiger partial charge in [-0.15, -0.1) is 0 Å². The molecule has 0 N–H and O–H groups in total. The van der Waals surface area contributed by atoms with Crippen LogP contribution in [0.3, 0.4) is 0 Å². The first kappa shape index (κ1) is 21.5. The fourth-order valence-electron chi connectivity index (χ4n) is 3.25. The minimum Gasteiger partial charge on any atom is -0.804 e. The van der Waals surface area contributed by atoms with Crippen LogP contribution in [0.2, 0.25) is 0 Å². The lowest BCUT2D eigenvalue weighted by molar-refractivity contribution is -0.141. The molecule has 0 aliphatic carbocycles. The molecule has 2 rings (SSSR count). The maximum Gasteiger partial charge on any atom is 0.270 e. The summed E-state index contributed by atoms with van der Waals surface area (Å²) in [7, 11) is 0. The minimum absolute atomic E-state index is 0.121. The highest BCUT2D eigenvalue weighted by atomic mass is 19.1. The second-order valence-corrected chi connectivity index (χ2v) is 6.72. The summed E-state index contributed by atoms with van der Waals surface area (Å²) in [5, 5.41) is 23.3. The molecule has 1 saturated heterocycles. The number of carbonyl (C=O) groups is 3. The van der Waals surface area contributed by atoms with Gasteiger partial charge in [0.2, 0.25) is 5.91 Å². The van der Waals surface area contributed by atoms with E-state index in [2.05, 4.69) is 4.99 Å². The smallest absolute Gasteiger partial charge is 0.270 e. The molecular weight excluding hydrogens is 371 g/mol. The van der Waals surface area contributed by atoms with Gasteiger partial charge in [0.15, 0.2) is 6.41 Å². The molecule has 2 heterocycles. The molecule has 3 amide bonds. The summed E-state index contributed by atoms with van der Waals surface area (Å²) in [6.07, 6.45) is 3.68. The number of aromatic nitrogens is 1. The van der Waals surface area contributed by atoms with Crippen LogP contribution in [0.1, 0.15) is 39.0 Å². The van der Waals surface area contributed by atoms with Crippen molar-refractivity contribution in [3.05, 3.63) is 40.0 Å². The Morgan fingerprint density at radius 1 is 1.46 bits per heavy atom. The lowest BCUT2D eigenvalue weighted by Crippen LogP contribution is -2.45. The van der Waals surface area contributed by atoms with Gasteiger partial charge >= 0.3 is 0 Å². The van der Waals surface area contributed by atoms with Crippen molar-refractivity contribution in [1.82, 2.24) is 14.7 Å². The van der Waals surface area contributed by atoms with E-state index >= 15 is 0 Å². The lowest BCUT2D eigenvalue weighted by Gasteiger charge is -2.32. The Bertz CT molecular complexity index is 781. The van der Waals surface area contributed by atoms with Gasteiger partial charge < -0.3 is 25.1 Å². The van der Waals surface area contributed by atoms with E-state index in [1.54, 1.807) is 0 Å². The van der Waals surface area contributed by atoms with Gasteiger partial charge in [0.1, 0.15) is 17.3 Å². The molecule has 0 bridgehead atoms. The van der Waals surface area contributed by atoms with E-state index in [1.807, 2.05) is 6.92 Å². The molecule has 28 heavy (non-hydrogen) atoms. The van der Waals surface area contributed by atoms with Crippen molar-refractivity contribution in [2.24, 2.45) is 10.9 Å². The number of rotatable bonds is 8. The normalized spacial score (nSPS) is 18.2. The topological polar surface area (TPSA) is 121 Å². The summed E-state index contributed by atoms with van der Waals surface area (Å²) in [5.74, 6) is -2.51. The molecule has 154 valence electrons. The van der Waals surface area contributed by atoms with Gasteiger partial charge in [-0.3, -0.25) is 14.4 Å². The highest BCUT2D eigenvalue weighted by Gasteiger charge is 2.36. The third-order valence-electron chi connectivity index (χ3n) is 4.68. The largest absolute Gasteiger partial charge is 0.804 e. The molecule has 1 aromatic heterocycles. The monoisotopic (exact) mass is 394 g/mol. The van der Waals surface area contributed by atoms with Gasteiger partial charge in [0.05, 0.1) is 5.92 Å². The van der Waals surface area contributed by atoms with Crippen LogP contribution in [0.25, 0.3) is 0 Å². The van der Waals surface area contributed by atoms with E-state index in [9.17, 15) is 29.2 Å². The first-order chi connectivity index (χ1) is 13.4. The molecule has 10 heteroatoms. The van der Waals surface area contributed by atoms with Crippen molar-refractivity contribution < 1.29 is 18.8 Å². The van der Waals surface area contributed by atoms with Gasteiger partial charge in [0.25, 0.3) is 5.91 Å². The van der Waals surface area contributed by atoms with Crippen LogP contribution in [0.4, 0.5) is 4.39 Å². The zero-order chi connectivity index (χ0) is 20.7. The average molecular weight is 394 g/mol. The Kier molecular flexibility index (Phi) is 7.68. The second kappa shape index (κ2) is 9.98. The number of likely N-dealkylation sites (tertiary alicyclic amines) is 1. The summed E-state index contributed by atoms with van der Waals surface area (Å²) >= 11 is 0. The quantitative estimate of drug-likeness (QED) is 0.484. The molecule has 0 radical (unpaired) electrons. The molecule has 0 unspecified atom stereocenters. The summed E-state index contributed by atoms with van der Waals surface area (Å²) in [6.45, 7) is 2.00. The molecule has 0 aromatic carbocycles. The van der Waals surface area contributed by atoms with Crippen molar-refractivity contribution in [3.63, 3.8) is 0 Å². The maximum absolute atomic E-state index is 13.0. The third kappa shape index (κ3) is 5.38. The Hall–Kier alpha value is -2.75. The van der Waals surface area contributed by atoms with E-state index < -0.39 is 23.7 Å². The fourth-order valence-corrected chi connectivity index (χ4v) is 3.25. The highest BCUT2D eigenvalue weighted by molar-refractivity contribution is 5.89. The predicted octanol–water partition coefficient (Wildman–Crippen LogP) is 1.15. The van der Waals surface area contributed by atoms with Gasteiger partial charge in [-0.25, -0.2) is 4.39 Å². The molecule has 1 aromatic rings. The minimum atomic E-state index is -0.849. The fraction of sp³-hybridized carbons (Fsp3) is 0.556. The highest BCUT2D eigenvalue weighted by Crippen LogP contribution is 2.23. The molecular formula is C18H23FN4O5-2. The third-order valence-corrected chi connectivity index (χ3v) is 4.68. The van der Waals surface area contributed by atoms with Crippen molar-refractivity contribution in [2.75, 3.05) is 13.1 Å². The van der Waals surface area contributed by atoms with Crippen LogP contribution in [-0.4, -0.2) is 52.0 Å². The summed E-state index contributed by atoms with van der Waals surface area (Å²) in [4.78, 5) is 41.2. The van der Waals surface area contributed by atoms with Gasteiger partial charge in [0, 0.05) is 19.3 Å². The Morgan fingerprint density at radius 2 is 2.21 bits per heavy atom. The first-order valence-electron chi connectivity index (χ1n) is 9.21. The molecule has 1 aliphatic rings. The van der Waals surface area contributed by atoms with E-state index in [0.717, 1.165) is 18.6 Å². The average Bonchev–Trinajstić information content (AvgIpc) is 3.16. The van der Waals surface area contributed by atoms with Gasteiger partial charge in [-0.2, -0.15) is 4.99 Å². The van der Waals surface area contributed by atoms with Crippen LogP contribution >= 0.6 is 0 Å². The predicted molar refractivity (Wildman–Crippen MR) is 97.6 cm³/mol. The van der Waals surface area contributed by atoms with Gasteiger partial charge in [-0.05, 0) is 31.4 Å². The van der Waals surface area contributed by atoms with Crippen LogP contribution in [0.15, 0.2) is 23.3 Å². The number of hydrogen-bond donors (Lipinski definition) is 0. The van der Waals surface area contributed by atoms with E-state index in [4.69, 9.17) is 0 Å². The number of halogens is 1. The Labute approximate surface area is 161 Å². The van der Waals surface area contributed by atoms with Crippen LogP contribution in [0.5, 0.6) is 0 Å². The van der Waals surface area contributed by atoms with E-state index in [0.29, 0.717) is 38.4 Å². The van der Waals surface area contributed by atoms with Crippen LogP contribution in [0, 0.1) is 22.1 Å². The summed E-state index contributed by atoms with van der Waals surface area (Å²) in [5.41, 5.74) is -0.264. The molecule has 0 spiro atoms. The summed E-state index contributed by atoms with van der Waals surface area (Å²) in [6, 6.07) is 1.25. The number of pyridine rings is 1. The summed E-state index contributed by atoms with van der Waals surface area (Å²) < 4.78 is 13.2. The molecule has 1 fully saturated rings. The number of nitrogens with zero attached hydrogens (tertiary/aromatic N) is 4. The molecule has 1 aliphatic heterocycles. The van der Waals surface area contributed by atoms with Crippen LogP contribution < -0.4 is 5.49 Å². The molecule has 2 atom stereocenters. The second-order valence-electron chi connectivity index (χ2n) is 6.72. The number of unbranched alkanes of at least 4 members (excludes halogenated alkanes) is 1. The lowest BCUT2D eigenvalue weighted by atomic mass is 9.99. The zero-order valence-electron chi connectivity index (χ0n) is 15.6. The maximum atomic E-state index is 13.0. The van der Waals surface area contributed by atoms with Crippen molar-refractivity contribution in [2.45, 2.75) is 45.1 Å². The standard InChI is InChI=1S/C18H23FN4O5/c1-2-3-5-13(10-21(27)12-24)18(26)22-9-4-6-15(22)17(25)20-16-8-7-14(19)11-23(16)28/h7-8,11-13,15H,2-6,9-10H2,1H3/q-2/t13-,15+/m1/s1. The number of amides is 3. The van der Waals surface area contributed by atoms with E-state index in [1.165, 1.54) is 4.90 Å². The van der Waals surface area contributed by atoms with Crippen molar-refractivity contribution >= 4 is 18.2 Å². The first-order valence-corrected chi connectivity index (χ1v) is 9.21. The number of hydrogen-bond acceptors (Lipinski definition) is 5. The van der Waals surface area contributed by atoms with Crippen LogP contribution in [-0.2, 0) is 14.4 Å². The zero-order valence-corrected chi connectivity index (χ0v) is 15.6. The van der Waals surface area contributed by atoms with Crippen molar-refractivity contribution in [3.8, 4) is 0 Å². The molecule has 9 nitrogen and oxygen atoms in total. The number of carbonyl (C=O) groups excluding carboxylic acids is 3. The van der Waals surface area contributed by atoms with Crippen molar-refractivity contribution in [1.29, 1.82) is 0 Å². The molecule has 0 saturated carbocycles. The van der Waals surface area contributed by atoms with E-state index in [-0.39, 0.29) is 34.1 Å². The SMILES string of the molecule is CCCC[C@H](CN([O-])C=O)C(=O)N1CCC[C@H]1C(=O)N=c1ccc(F)cn1[O-]. The Morgan fingerprint density at radius 3 is 2.86 bits per heavy atom.